The highest BCUT2D eigenvalue weighted by molar-refractivity contribution is 6.30. The Balaban J connectivity index is 2.32. The standard InChI is InChI=1S/C15H25ClN2/c1-15(2,12-17)8-5-9-18(3)11-13-6-4-7-14(16)10-13/h4,6-7,10H,5,8-9,11-12,17H2,1-3H3. The fraction of sp³-hybridized carbons (Fsp3) is 0.600. The lowest BCUT2D eigenvalue weighted by molar-refractivity contribution is 0.273. The Labute approximate surface area is 116 Å². The zero-order chi connectivity index (χ0) is 13.6. The van der Waals surface area contributed by atoms with E-state index in [1.165, 1.54) is 18.4 Å². The topological polar surface area (TPSA) is 29.3 Å². The fourth-order valence-corrected chi connectivity index (χ4v) is 2.17. The molecule has 2 nitrogen and oxygen atoms in total. The van der Waals surface area contributed by atoms with Gasteiger partial charge in [0.2, 0.25) is 0 Å². The van der Waals surface area contributed by atoms with E-state index < -0.39 is 0 Å². The first-order valence-electron chi connectivity index (χ1n) is 6.56. The van der Waals surface area contributed by atoms with Gasteiger partial charge in [-0.3, -0.25) is 0 Å². The molecule has 102 valence electrons. The quantitative estimate of drug-likeness (QED) is 0.820. The van der Waals surface area contributed by atoms with Crippen LogP contribution in [0.4, 0.5) is 0 Å². The van der Waals surface area contributed by atoms with Gasteiger partial charge in [0.1, 0.15) is 0 Å². The minimum absolute atomic E-state index is 0.261. The van der Waals surface area contributed by atoms with Crippen molar-refractivity contribution in [3.63, 3.8) is 0 Å². The van der Waals surface area contributed by atoms with Gasteiger partial charge in [-0.1, -0.05) is 37.6 Å². The van der Waals surface area contributed by atoms with E-state index in [9.17, 15) is 0 Å². The van der Waals surface area contributed by atoms with E-state index >= 15 is 0 Å². The summed E-state index contributed by atoms with van der Waals surface area (Å²) in [6, 6.07) is 8.06. The average molecular weight is 269 g/mol. The third-order valence-electron chi connectivity index (χ3n) is 3.29. The number of rotatable bonds is 7. The van der Waals surface area contributed by atoms with Crippen LogP contribution in [-0.4, -0.2) is 25.0 Å². The van der Waals surface area contributed by atoms with Gasteiger partial charge in [-0.05, 0) is 56.1 Å². The number of hydrogen-bond acceptors (Lipinski definition) is 2. The van der Waals surface area contributed by atoms with Gasteiger partial charge in [0.15, 0.2) is 0 Å². The highest BCUT2D eigenvalue weighted by Crippen LogP contribution is 2.20. The molecule has 0 aliphatic carbocycles. The highest BCUT2D eigenvalue weighted by Gasteiger charge is 2.14. The fourth-order valence-electron chi connectivity index (χ4n) is 1.96. The molecule has 1 aromatic rings. The Hall–Kier alpha value is -0.570. The molecule has 1 aromatic carbocycles. The zero-order valence-corrected chi connectivity index (χ0v) is 12.5. The highest BCUT2D eigenvalue weighted by atomic mass is 35.5. The molecule has 0 aromatic heterocycles. The summed E-state index contributed by atoms with van der Waals surface area (Å²) in [5.41, 5.74) is 7.26. The SMILES string of the molecule is CN(CCCC(C)(C)CN)Cc1cccc(Cl)c1. The molecule has 0 heterocycles. The van der Waals surface area contributed by atoms with Gasteiger partial charge in [-0.25, -0.2) is 0 Å². The molecular formula is C15H25ClN2. The van der Waals surface area contributed by atoms with Crippen LogP contribution in [0.5, 0.6) is 0 Å². The lowest BCUT2D eigenvalue weighted by Crippen LogP contribution is -2.26. The van der Waals surface area contributed by atoms with Gasteiger partial charge in [0.05, 0.1) is 0 Å². The molecule has 0 saturated heterocycles. The molecule has 3 heteroatoms. The van der Waals surface area contributed by atoms with Crippen molar-refractivity contribution < 1.29 is 0 Å². The van der Waals surface area contributed by atoms with Gasteiger partial charge >= 0.3 is 0 Å². The second-order valence-corrected chi connectivity index (χ2v) is 6.28. The van der Waals surface area contributed by atoms with Gasteiger partial charge in [0, 0.05) is 11.6 Å². The van der Waals surface area contributed by atoms with Crippen molar-refractivity contribution in [3.8, 4) is 0 Å². The van der Waals surface area contributed by atoms with E-state index in [0.717, 1.165) is 24.7 Å². The summed E-state index contributed by atoms with van der Waals surface area (Å²) in [4.78, 5) is 2.33. The molecule has 18 heavy (non-hydrogen) atoms. The summed E-state index contributed by atoms with van der Waals surface area (Å²) >= 11 is 5.98. The smallest absolute Gasteiger partial charge is 0.0409 e. The third kappa shape index (κ3) is 5.85. The van der Waals surface area contributed by atoms with E-state index in [1.807, 2.05) is 18.2 Å². The van der Waals surface area contributed by atoms with Crippen LogP contribution in [0.15, 0.2) is 24.3 Å². The summed E-state index contributed by atoms with van der Waals surface area (Å²) in [5, 5.41) is 0.810. The molecule has 0 bridgehead atoms. The zero-order valence-electron chi connectivity index (χ0n) is 11.7. The van der Waals surface area contributed by atoms with E-state index in [-0.39, 0.29) is 5.41 Å². The Morgan fingerprint density at radius 1 is 1.33 bits per heavy atom. The van der Waals surface area contributed by atoms with Gasteiger partial charge in [-0.15, -0.1) is 0 Å². The van der Waals surface area contributed by atoms with Crippen molar-refractivity contribution in [1.29, 1.82) is 0 Å². The van der Waals surface area contributed by atoms with Crippen molar-refractivity contribution in [1.82, 2.24) is 4.90 Å². The largest absolute Gasteiger partial charge is 0.330 e. The third-order valence-corrected chi connectivity index (χ3v) is 3.52. The van der Waals surface area contributed by atoms with Crippen LogP contribution in [0, 0.1) is 5.41 Å². The summed E-state index contributed by atoms with van der Waals surface area (Å²) < 4.78 is 0. The van der Waals surface area contributed by atoms with Crippen LogP contribution in [0.3, 0.4) is 0 Å². The van der Waals surface area contributed by atoms with E-state index in [0.29, 0.717) is 0 Å². The molecule has 0 amide bonds. The molecule has 0 unspecified atom stereocenters. The summed E-state index contributed by atoms with van der Waals surface area (Å²) in [7, 11) is 2.15. The maximum Gasteiger partial charge on any atom is 0.0409 e. The summed E-state index contributed by atoms with van der Waals surface area (Å²) in [5.74, 6) is 0. The predicted octanol–water partition coefficient (Wildman–Crippen LogP) is 3.54. The number of nitrogens with zero attached hydrogens (tertiary/aromatic N) is 1. The van der Waals surface area contributed by atoms with E-state index in [4.69, 9.17) is 17.3 Å². The minimum atomic E-state index is 0.261. The van der Waals surface area contributed by atoms with Crippen LogP contribution in [0.25, 0.3) is 0 Å². The van der Waals surface area contributed by atoms with E-state index in [2.05, 4.69) is 31.9 Å². The van der Waals surface area contributed by atoms with Crippen LogP contribution >= 0.6 is 11.6 Å². The molecule has 0 aliphatic heterocycles. The monoisotopic (exact) mass is 268 g/mol. The molecule has 1 rings (SSSR count). The molecule has 0 aliphatic rings. The maximum atomic E-state index is 5.98. The maximum absolute atomic E-state index is 5.98. The van der Waals surface area contributed by atoms with Crippen LogP contribution in [-0.2, 0) is 6.54 Å². The lowest BCUT2D eigenvalue weighted by atomic mass is 9.88. The molecule has 0 atom stereocenters. The van der Waals surface area contributed by atoms with Gasteiger partial charge < -0.3 is 10.6 Å². The second kappa shape index (κ2) is 7.13. The Bertz CT molecular complexity index is 363. The van der Waals surface area contributed by atoms with Crippen molar-refractivity contribution in [3.05, 3.63) is 34.9 Å². The molecule has 0 saturated carbocycles. The first-order valence-corrected chi connectivity index (χ1v) is 6.94. The lowest BCUT2D eigenvalue weighted by Gasteiger charge is -2.24. The first-order chi connectivity index (χ1) is 8.43. The van der Waals surface area contributed by atoms with E-state index in [1.54, 1.807) is 0 Å². The van der Waals surface area contributed by atoms with Crippen LogP contribution < -0.4 is 5.73 Å². The first kappa shape index (κ1) is 15.5. The summed E-state index contributed by atoms with van der Waals surface area (Å²) in [6.45, 7) is 7.25. The van der Waals surface area contributed by atoms with Gasteiger partial charge in [-0.2, -0.15) is 0 Å². The predicted molar refractivity (Wildman–Crippen MR) is 79.9 cm³/mol. The Morgan fingerprint density at radius 3 is 2.67 bits per heavy atom. The number of nitrogens with two attached hydrogens (primary N) is 1. The molecule has 0 spiro atoms. The minimum Gasteiger partial charge on any atom is -0.330 e. The normalized spacial score (nSPS) is 12.1. The number of halogens is 1. The summed E-state index contributed by atoms with van der Waals surface area (Å²) in [6.07, 6.45) is 2.35. The van der Waals surface area contributed by atoms with Crippen molar-refractivity contribution in [2.45, 2.75) is 33.2 Å². The van der Waals surface area contributed by atoms with Crippen molar-refractivity contribution in [2.24, 2.45) is 11.1 Å². The van der Waals surface area contributed by atoms with Gasteiger partial charge in [0.25, 0.3) is 0 Å². The second-order valence-electron chi connectivity index (χ2n) is 5.84. The van der Waals surface area contributed by atoms with Crippen molar-refractivity contribution in [2.75, 3.05) is 20.1 Å². The molecule has 0 radical (unpaired) electrons. The average Bonchev–Trinajstić information content (AvgIpc) is 2.28. The Kier molecular flexibility index (Phi) is 6.13. The molecular weight excluding hydrogens is 244 g/mol. The molecule has 2 N–H and O–H groups in total. The number of hydrogen-bond donors (Lipinski definition) is 1. The van der Waals surface area contributed by atoms with Crippen molar-refractivity contribution >= 4 is 11.6 Å². The molecule has 0 fully saturated rings. The van der Waals surface area contributed by atoms with Crippen LogP contribution in [0.1, 0.15) is 32.3 Å². The Morgan fingerprint density at radius 2 is 2.06 bits per heavy atom. The van der Waals surface area contributed by atoms with Crippen LogP contribution in [0.2, 0.25) is 5.02 Å². The number of benzene rings is 1.